The van der Waals surface area contributed by atoms with E-state index in [-0.39, 0.29) is 23.6 Å². The van der Waals surface area contributed by atoms with Gasteiger partial charge in [-0.15, -0.1) is 0 Å². The van der Waals surface area contributed by atoms with E-state index in [1.54, 1.807) is 24.3 Å². The van der Waals surface area contributed by atoms with Crippen molar-refractivity contribution in [1.82, 2.24) is 0 Å². The van der Waals surface area contributed by atoms with E-state index >= 15 is 0 Å². The normalized spacial score (nSPS) is 16.3. The highest BCUT2D eigenvalue weighted by Gasteiger charge is 2.32. The van der Waals surface area contributed by atoms with Crippen molar-refractivity contribution < 1.29 is 26.7 Å². The summed E-state index contributed by atoms with van der Waals surface area (Å²) in [5.74, 6) is -1.58. The number of benzene rings is 3. The van der Waals surface area contributed by atoms with Crippen molar-refractivity contribution in [2.24, 2.45) is 4.99 Å². The van der Waals surface area contributed by atoms with E-state index in [4.69, 9.17) is 4.74 Å². The number of hydrogen-bond acceptors (Lipinski definition) is 2. The molecule has 7 heteroatoms. The third kappa shape index (κ3) is 3.79. The molecule has 154 valence electrons. The Morgan fingerprint density at radius 1 is 0.900 bits per heavy atom. The molecule has 0 aliphatic carbocycles. The Morgan fingerprint density at radius 3 is 2.13 bits per heavy atom. The molecule has 0 spiro atoms. The van der Waals surface area contributed by atoms with Crippen LogP contribution in [0.4, 0.5) is 22.0 Å². The lowest BCUT2D eigenvalue weighted by molar-refractivity contribution is -0.138. The van der Waals surface area contributed by atoms with Gasteiger partial charge in [0.1, 0.15) is 29.8 Å². The fourth-order valence-corrected chi connectivity index (χ4v) is 3.44. The third-order valence-electron chi connectivity index (χ3n) is 4.99. The monoisotopic (exact) mass is 417 g/mol. The molecule has 1 unspecified atom stereocenters. The molecule has 30 heavy (non-hydrogen) atoms. The first-order chi connectivity index (χ1) is 14.2. The summed E-state index contributed by atoms with van der Waals surface area (Å²) >= 11 is 0. The highest BCUT2D eigenvalue weighted by molar-refractivity contribution is 5.95. The molecule has 1 aliphatic heterocycles. The van der Waals surface area contributed by atoms with Crippen LogP contribution in [0, 0.1) is 18.6 Å². The first-order valence-corrected chi connectivity index (χ1v) is 9.17. The van der Waals surface area contributed by atoms with Gasteiger partial charge in [-0.25, -0.2) is 13.8 Å². The molecular weight excluding hydrogens is 401 g/mol. The Kier molecular flexibility index (Phi) is 5.05. The van der Waals surface area contributed by atoms with Crippen LogP contribution in [0.3, 0.4) is 0 Å². The number of aliphatic imine (C=N–C) groups is 1. The average molecular weight is 417 g/mol. The summed E-state index contributed by atoms with van der Waals surface area (Å²) in [5, 5.41) is 0. The van der Waals surface area contributed by atoms with Gasteiger partial charge in [0.05, 0.1) is 5.56 Å². The average Bonchev–Trinajstić information content (AvgIpc) is 3.16. The van der Waals surface area contributed by atoms with Gasteiger partial charge in [-0.1, -0.05) is 42.5 Å². The minimum atomic E-state index is -4.39. The van der Waals surface area contributed by atoms with Crippen molar-refractivity contribution in [3.63, 3.8) is 0 Å². The number of alkyl halides is 3. The number of hydrogen-bond donors (Lipinski definition) is 0. The number of halogens is 5. The fourth-order valence-electron chi connectivity index (χ4n) is 3.44. The fraction of sp³-hybridized carbons (Fsp3) is 0.174. The van der Waals surface area contributed by atoms with Crippen LogP contribution in [0.1, 0.15) is 28.3 Å². The van der Waals surface area contributed by atoms with Crippen LogP contribution in [0.2, 0.25) is 0 Å². The molecule has 0 bridgehead atoms. The van der Waals surface area contributed by atoms with Crippen molar-refractivity contribution >= 4 is 5.90 Å². The second-order valence-corrected chi connectivity index (χ2v) is 7.01. The van der Waals surface area contributed by atoms with E-state index in [1.165, 1.54) is 25.1 Å². The van der Waals surface area contributed by atoms with Gasteiger partial charge < -0.3 is 4.74 Å². The van der Waals surface area contributed by atoms with Gasteiger partial charge in [0, 0.05) is 0 Å². The van der Waals surface area contributed by atoms with E-state index in [1.807, 2.05) is 0 Å². The topological polar surface area (TPSA) is 21.6 Å². The zero-order chi connectivity index (χ0) is 21.5. The Hall–Kier alpha value is -3.22. The molecule has 3 aromatic rings. The van der Waals surface area contributed by atoms with Crippen molar-refractivity contribution in [1.29, 1.82) is 0 Å². The Labute approximate surface area is 169 Å². The lowest BCUT2D eigenvalue weighted by atomic mass is 9.97. The van der Waals surface area contributed by atoms with Gasteiger partial charge in [0.2, 0.25) is 5.90 Å². The minimum Gasteiger partial charge on any atom is -0.475 e. The van der Waals surface area contributed by atoms with Gasteiger partial charge in [0.15, 0.2) is 0 Å². The second kappa shape index (κ2) is 7.55. The molecule has 0 saturated heterocycles. The molecule has 0 aromatic heterocycles. The quantitative estimate of drug-likeness (QED) is 0.447. The zero-order valence-electron chi connectivity index (χ0n) is 15.8. The maximum atomic E-state index is 13.9. The highest BCUT2D eigenvalue weighted by Crippen LogP contribution is 2.34. The van der Waals surface area contributed by atoms with E-state index in [2.05, 4.69) is 4.99 Å². The summed E-state index contributed by atoms with van der Waals surface area (Å²) in [6.07, 6.45) is -4.39. The van der Waals surface area contributed by atoms with Crippen LogP contribution in [0.15, 0.2) is 65.7 Å². The number of aryl methyl sites for hydroxylation is 1. The third-order valence-corrected chi connectivity index (χ3v) is 4.99. The van der Waals surface area contributed by atoms with Gasteiger partial charge in [0.25, 0.3) is 0 Å². The van der Waals surface area contributed by atoms with Gasteiger partial charge in [-0.05, 0) is 47.4 Å². The molecule has 1 aliphatic rings. The van der Waals surface area contributed by atoms with Crippen LogP contribution >= 0.6 is 0 Å². The smallest absolute Gasteiger partial charge is 0.416 e. The molecular formula is C23H16F5NO. The van der Waals surface area contributed by atoms with Gasteiger partial charge in [-0.3, -0.25) is 0 Å². The molecule has 0 amide bonds. The molecule has 0 N–H and O–H groups in total. The summed E-state index contributed by atoms with van der Waals surface area (Å²) in [6, 6.07) is 14.2. The van der Waals surface area contributed by atoms with Crippen LogP contribution in [-0.4, -0.2) is 12.5 Å². The van der Waals surface area contributed by atoms with Crippen LogP contribution in [-0.2, 0) is 10.9 Å². The van der Waals surface area contributed by atoms with Gasteiger partial charge in [-0.2, -0.15) is 13.2 Å². The van der Waals surface area contributed by atoms with E-state index in [9.17, 15) is 22.0 Å². The van der Waals surface area contributed by atoms with E-state index in [0.717, 1.165) is 29.3 Å². The maximum absolute atomic E-state index is 13.9. The van der Waals surface area contributed by atoms with Crippen molar-refractivity contribution in [2.75, 3.05) is 6.61 Å². The minimum absolute atomic E-state index is 0.0851. The summed E-state index contributed by atoms with van der Waals surface area (Å²) < 4.78 is 72.1. The highest BCUT2D eigenvalue weighted by atomic mass is 19.4. The SMILES string of the molecule is Cc1cc(-c2ccc(C3COC(c4c(F)cccc4F)=N3)cc2)ccc1C(F)(F)F. The molecule has 0 fully saturated rings. The standard InChI is InChI=1S/C23H16F5NO/c1-13-11-16(9-10-17(13)23(26,27)28)14-5-7-15(8-6-14)20-12-30-22(29-20)21-18(24)3-2-4-19(21)25/h2-11,20H,12H2,1H3. The Balaban J connectivity index is 1.58. The molecule has 0 radical (unpaired) electrons. The number of nitrogens with zero attached hydrogens (tertiary/aromatic N) is 1. The maximum Gasteiger partial charge on any atom is 0.416 e. The van der Waals surface area contributed by atoms with Gasteiger partial charge >= 0.3 is 6.18 Å². The van der Waals surface area contributed by atoms with Crippen molar-refractivity contribution in [3.8, 4) is 11.1 Å². The lowest BCUT2D eigenvalue weighted by Gasteiger charge is -2.12. The van der Waals surface area contributed by atoms with E-state index < -0.39 is 29.4 Å². The lowest BCUT2D eigenvalue weighted by Crippen LogP contribution is -2.07. The summed E-state index contributed by atoms with van der Waals surface area (Å²) in [5.41, 5.74) is 1.37. The summed E-state index contributed by atoms with van der Waals surface area (Å²) in [4.78, 5) is 4.29. The van der Waals surface area contributed by atoms with Crippen LogP contribution in [0.25, 0.3) is 11.1 Å². The number of ether oxygens (including phenoxy) is 1. The molecule has 1 atom stereocenters. The summed E-state index contributed by atoms with van der Waals surface area (Å²) in [6.45, 7) is 1.57. The van der Waals surface area contributed by atoms with Crippen molar-refractivity contribution in [2.45, 2.75) is 19.1 Å². The largest absolute Gasteiger partial charge is 0.475 e. The molecule has 0 saturated carbocycles. The first-order valence-electron chi connectivity index (χ1n) is 9.17. The molecule has 4 rings (SSSR count). The molecule has 1 heterocycles. The Bertz CT molecular complexity index is 1100. The van der Waals surface area contributed by atoms with Crippen LogP contribution in [0.5, 0.6) is 0 Å². The molecule has 3 aromatic carbocycles. The van der Waals surface area contributed by atoms with Crippen LogP contribution < -0.4 is 0 Å². The summed E-state index contributed by atoms with van der Waals surface area (Å²) in [7, 11) is 0. The number of rotatable bonds is 3. The molecule has 2 nitrogen and oxygen atoms in total. The van der Waals surface area contributed by atoms with E-state index in [0.29, 0.717) is 5.56 Å². The second-order valence-electron chi connectivity index (χ2n) is 7.01. The predicted octanol–water partition coefficient (Wildman–Crippen LogP) is 6.48. The van der Waals surface area contributed by atoms with Crippen molar-refractivity contribution in [3.05, 3.63) is 94.6 Å². The first kappa shape index (κ1) is 20.1. The zero-order valence-corrected chi connectivity index (χ0v) is 15.8. The Morgan fingerprint density at radius 2 is 1.53 bits per heavy atom. The predicted molar refractivity (Wildman–Crippen MR) is 103 cm³/mol.